The minimum Gasteiger partial charge on any atom is -0.465 e. The fraction of sp³-hybridized carbons (Fsp3) is 0.333. The maximum Gasteiger partial charge on any atom is 0.407 e. The SMILES string of the molecule is Cc1nc([C@H]2OC3CO[C@H](c4ccccc4)OC3[C@@H](n3cc(-c4cc(F)c(F)c(F)c4)nn3)[C@@H]2OC(=O)NCCCCNC(=O)O)n(-c2cc(Cl)ccc2Cl)n1. The van der Waals surface area contributed by atoms with Gasteiger partial charge >= 0.3 is 12.2 Å². The number of hydrogen-bond donors (Lipinski definition) is 3. The summed E-state index contributed by atoms with van der Waals surface area (Å²) in [6.07, 6.45) is -5.12. The van der Waals surface area contributed by atoms with Gasteiger partial charge in [0, 0.05) is 29.2 Å². The first kappa shape index (κ1) is 39.0. The molecule has 3 aromatic carbocycles. The molecule has 56 heavy (non-hydrogen) atoms. The van der Waals surface area contributed by atoms with Gasteiger partial charge in [-0.3, -0.25) is 0 Å². The quantitative estimate of drug-likeness (QED) is 0.0981. The number of aromatic nitrogens is 6. The number of carboxylic acid groups (broad SMARTS) is 1. The smallest absolute Gasteiger partial charge is 0.407 e. The van der Waals surface area contributed by atoms with Crippen LogP contribution in [0.3, 0.4) is 0 Å². The van der Waals surface area contributed by atoms with Crippen molar-refractivity contribution in [3.63, 3.8) is 0 Å². The van der Waals surface area contributed by atoms with Crippen LogP contribution < -0.4 is 10.6 Å². The van der Waals surface area contributed by atoms with Gasteiger partial charge in [-0.25, -0.2) is 37.1 Å². The molecular formula is C36H33Cl2F3N8O7. The summed E-state index contributed by atoms with van der Waals surface area (Å²) in [5, 5.41) is 27.4. The summed E-state index contributed by atoms with van der Waals surface area (Å²) < 4.78 is 70.9. The number of alkyl carbamates (subject to hydrolysis) is 1. The van der Waals surface area contributed by atoms with Crippen LogP contribution in [0.4, 0.5) is 22.8 Å². The number of fused-ring (bicyclic) bond motifs is 1. The predicted octanol–water partition coefficient (Wildman–Crippen LogP) is 6.50. The van der Waals surface area contributed by atoms with Gasteiger partial charge in [-0.1, -0.05) is 58.7 Å². The van der Waals surface area contributed by atoms with E-state index >= 15 is 0 Å². The number of ether oxygens (including phenoxy) is 4. The molecule has 2 unspecified atom stereocenters. The first-order valence-corrected chi connectivity index (χ1v) is 18.1. The molecule has 2 aromatic heterocycles. The lowest BCUT2D eigenvalue weighted by Crippen LogP contribution is -2.58. The molecule has 0 saturated carbocycles. The van der Waals surface area contributed by atoms with E-state index in [2.05, 4.69) is 31.0 Å². The molecule has 5 aromatic rings. The van der Waals surface area contributed by atoms with Gasteiger partial charge in [0.15, 0.2) is 41.8 Å². The Labute approximate surface area is 326 Å². The molecule has 2 aliphatic heterocycles. The van der Waals surface area contributed by atoms with Crippen LogP contribution in [0.1, 0.15) is 48.5 Å². The molecule has 3 N–H and O–H groups in total. The number of rotatable bonds is 11. The standard InChI is InChI=1S/C36H33Cl2F3N8O7/c1-18-44-33(49(46-18)26-15-21(37)9-10-22(26)38)32-31(56-36(52)43-12-6-5-11-42-35(50)51)29(30-27(54-32)17-53-34(55-30)19-7-3-2-4-8-19)48-16-25(45-47-48)20-13-23(39)28(41)24(40)14-20/h2-4,7-10,13-16,27,29-32,34,42H,5-6,11-12,17H2,1H3,(H,43,52)(H,50,51)/t27?,29-,30?,31+,32+,34+/m1/s1. The van der Waals surface area contributed by atoms with Crippen LogP contribution >= 0.6 is 23.2 Å². The average molecular weight is 818 g/mol. The minimum atomic E-state index is -1.64. The molecule has 7 rings (SSSR count). The average Bonchev–Trinajstić information content (AvgIpc) is 3.83. The molecule has 0 spiro atoms. The molecule has 2 saturated heterocycles. The van der Waals surface area contributed by atoms with E-state index in [0.717, 1.165) is 12.1 Å². The fourth-order valence-corrected chi connectivity index (χ4v) is 6.89. The summed E-state index contributed by atoms with van der Waals surface area (Å²) in [6.45, 7) is 1.93. The van der Waals surface area contributed by atoms with Crippen molar-refractivity contribution in [2.45, 2.75) is 56.5 Å². The topological polar surface area (TPSA) is 177 Å². The van der Waals surface area contributed by atoms with Gasteiger partial charge in [0.2, 0.25) is 0 Å². The van der Waals surface area contributed by atoms with Gasteiger partial charge in [-0.15, -0.1) is 5.10 Å². The van der Waals surface area contributed by atoms with E-state index in [9.17, 15) is 22.8 Å². The van der Waals surface area contributed by atoms with Crippen LogP contribution in [0.5, 0.6) is 0 Å². The molecule has 2 aliphatic rings. The van der Waals surface area contributed by atoms with E-state index in [4.69, 9.17) is 47.3 Å². The third kappa shape index (κ3) is 8.43. The zero-order valence-electron chi connectivity index (χ0n) is 29.3. The molecule has 0 radical (unpaired) electrons. The van der Waals surface area contributed by atoms with Crippen LogP contribution in [0.2, 0.25) is 10.0 Å². The van der Waals surface area contributed by atoms with Crippen LogP contribution in [-0.4, -0.2) is 85.1 Å². The van der Waals surface area contributed by atoms with Crippen molar-refractivity contribution in [1.29, 1.82) is 0 Å². The third-order valence-electron chi connectivity index (χ3n) is 9.04. The lowest BCUT2D eigenvalue weighted by atomic mass is 9.90. The summed E-state index contributed by atoms with van der Waals surface area (Å²) in [6, 6.07) is 14.3. The molecule has 6 atom stereocenters. The Morgan fingerprint density at radius 2 is 1.73 bits per heavy atom. The third-order valence-corrected chi connectivity index (χ3v) is 9.59. The molecule has 0 bridgehead atoms. The van der Waals surface area contributed by atoms with E-state index in [1.807, 2.05) is 30.3 Å². The van der Waals surface area contributed by atoms with Gasteiger partial charge in [0.05, 0.1) is 23.5 Å². The number of hydrogen-bond acceptors (Lipinski definition) is 10. The van der Waals surface area contributed by atoms with E-state index in [0.29, 0.717) is 34.9 Å². The second-order valence-electron chi connectivity index (χ2n) is 12.9. The molecule has 0 aliphatic carbocycles. The lowest BCUT2D eigenvalue weighted by molar-refractivity contribution is -0.318. The van der Waals surface area contributed by atoms with Crippen LogP contribution in [0.25, 0.3) is 16.9 Å². The Hall–Kier alpha value is -5.27. The van der Waals surface area contributed by atoms with Crippen molar-refractivity contribution in [1.82, 2.24) is 40.4 Å². The van der Waals surface area contributed by atoms with Crippen LogP contribution in [0, 0.1) is 24.4 Å². The summed E-state index contributed by atoms with van der Waals surface area (Å²) in [5.74, 6) is -4.04. The van der Waals surface area contributed by atoms with Crippen molar-refractivity contribution in [2.24, 2.45) is 0 Å². The van der Waals surface area contributed by atoms with Gasteiger partial charge in [-0.2, -0.15) is 5.10 Å². The molecule has 20 heteroatoms. The molecule has 2 amide bonds. The molecule has 2 fully saturated rings. The molecule has 15 nitrogen and oxygen atoms in total. The highest BCUT2D eigenvalue weighted by molar-refractivity contribution is 6.34. The number of carbonyl (C=O) groups is 2. The van der Waals surface area contributed by atoms with Crippen LogP contribution in [-0.2, 0) is 18.9 Å². The second kappa shape index (κ2) is 16.8. The number of nitrogens with zero attached hydrogens (tertiary/aromatic N) is 6. The first-order valence-electron chi connectivity index (χ1n) is 17.3. The lowest BCUT2D eigenvalue weighted by Gasteiger charge is -2.48. The monoisotopic (exact) mass is 816 g/mol. The fourth-order valence-electron chi connectivity index (χ4n) is 6.52. The van der Waals surface area contributed by atoms with Crippen molar-refractivity contribution in [3.8, 4) is 16.9 Å². The van der Waals surface area contributed by atoms with Crippen molar-refractivity contribution in [2.75, 3.05) is 19.7 Å². The number of amides is 2. The molecular weight excluding hydrogens is 784 g/mol. The Kier molecular flexibility index (Phi) is 11.7. The molecule has 294 valence electrons. The Bertz CT molecular complexity index is 2190. The largest absolute Gasteiger partial charge is 0.465 e. The van der Waals surface area contributed by atoms with Crippen LogP contribution in [0.15, 0.2) is 66.9 Å². The Morgan fingerprint density at radius 3 is 2.46 bits per heavy atom. The zero-order chi connectivity index (χ0) is 39.5. The predicted molar refractivity (Wildman–Crippen MR) is 192 cm³/mol. The van der Waals surface area contributed by atoms with Gasteiger partial charge in [-0.05, 0) is 50.1 Å². The summed E-state index contributed by atoms with van der Waals surface area (Å²) in [4.78, 5) is 29.1. The Morgan fingerprint density at radius 1 is 1.00 bits per heavy atom. The summed E-state index contributed by atoms with van der Waals surface area (Å²) in [5.41, 5.74) is 0.888. The Balaban J connectivity index is 1.31. The number of unbranched alkanes of at least 4 members (excludes halogenated alkanes) is 1. The van der Waals surface area contributed by atoms with Crippen molar-refractivity contribution < 1.29 is 46.8 Å². The van der Waals surface area contributed by atoms with Gasteiger partial charge in [0.1, 0.15) is 29.8 Å². The van der Waals surface area contributed by atoms with E-state index in [1.165, 1.54) is 15.6 Å². The number of aryl methyl sites for hydroxylation is 1. The minimum absolute atomic E-state index is 0.0124. The van der Waals surface area contributed by atoms with Gasteiger partial charge in [0.25, 0.3) is 0 Å². The number of nitrogens with one attached hydrogen (secondary N) is 2. The van der Waals surface area contributed by atoms with E-state index in [1.54, 1.807) is 25.1 Å². The maximum absolute atomic E-state index is 14.3. The van der Waals surface area contributed by atoms with E-state index < -0.39 is 66.4 Å². The summed E-state index contributed by atoms with van der Waals surface area (Å²) in [7, 11) is 0. The van der Waals surface area contributed by atoms with Gasteiger partial charge < -0.3 is 34.7 Å². The number of carbonyl (C=O) groups excluding carboxylic acids is 1. The second-order valence-corrected chi connectivity index (χ2v) is 13.7. The zero-order valence-corrected chi connectivity index (χ0v) is 30.8. The highest BCUT2D eigenvalue weighted by Gasteiger charge is 2.55. The van der Waals surface area contributed by atoms with Crippen molar-refractivity contribution in [3.05, 3.63) is 112 Å². The van der Waals surface area contributed by atoms with E-state index in [-0.39, 0.29) is 41.8 Å². The summed E-state index contributed by atoms with van der Waals surface area (Å²) >= 11 is 13.0. The molecule has 4 heterocycles. The number of halogens is 5. The highest BCUT2D eigenvalue weighted by Crippen LogP contribution is 2.46. The normalized spacial score (nSPS) is 22.0. The van der Waals surface area contributed by atoms with Crippen molar-refractivity contribution >= 4 is 35.4 Å². The number of benzene rings is 3. The highest BCUT2D eigenvalue weighted by atomic mass is 35.5. The maximum atomic E-state index is 14.3. The first-order chi connectivity index (χ1) is 27.0.